The average molecular weight is 709 g/mol. The van der Waals surface area contributed by atoms with Crippen LogP contribution in [0.5, 0.6) is 0 Å². The van der Waals surface area contributed by atoms with Crippen molar-refractivity contribution in [1.82, 2.24) is 0 Å². The highest BCUT2D eigenvalue weighted by Gasteiger charge is 2.64. The van der Waals surface area contributed by atoms with Crippen LogP contribution in [0.2, 0.25) is 0 Å². The van der Waals surface area contributed by atoms with Gasteiger partial charge in [-0.2, -0.15) is 0 Å². The van der Waals surface area contributed by atoms with Crippen molar-refractivity contribution in [1.29, 1.82) is 0 Å². The predicted molar refractivity (Wildman–Crippen MR) is 195 cm³/mol. The number of aliphatic hydroxyl groups is 1. The van der Waals surface area contributed by atoms with Crippen molar-refractivity contribution in [3.8, 4) is 0 Å². The Morgan fingerprint density at radius 1 is 0.660 bits per heavy atom. The van der Waals surface area contributed by atoms with Crippen LogP contribution in [0, 0.1) is 0 Å². The molecule has 2 rings (SSSR count). The number of carbonyl (C=O) groups is 4. The highest BCUT2D eigenvalue weighted by molar-refractivity contribution is 6.14. The van der Waals surface area contributed by atoms with Gasteiger partial charge in [-0.3, -0.25) is 14.4 Å². The van der Waals surface area contributed by atoms with E-state index in [-0.39, 0.29) is 32.3 Å². The second kappa shape index (κ2) is 27.6. The van der Waals surface area contributed by atoms with E-state index in [9.17, 15) is 24.3 Å². The molecule has 0 amide bonds. The van der Waals surface area contributed by atoms with Gasteiger partial charge in [-0.1, -0.05) is 168 Å². The number of esters is 3. The zero-order valence-corrected chi connectivity index (χ0v) is 31.9. The first-order chi connectivity index (χ1) is 24.3. The lowest BCUT2D eigenvalue weighted by molar-refractivity contribution is -0.177. The Balaban J connectivity index is 1.67. The highest BCUT2D eigenvalue weighted by atomic mass is 16.7. The Kier molecular flexibility index (Phi) is 24.4. The summed E-state index contributed by atoms with van der Waals surface area (Å²) in [5.41, 5.74) is -1.90. The van der Waals surface area contributed by atoms with E-state index in [0.717, 1.165) is 38.5 Å². The molecule has 50 heavy (non-hydrogen) atoms. The molecule has 1 N–H and O–H groups in total. The molecule has 0 bridgehead atoms. The molecule has 0 radical (unpaired) electrons. The number of unbranched alkanes of at least 4 members (excludes halogenated alkanes) is 24. The van der Waals surface area contributed by atoms with Crippen LogP contribution in [-0.2, 0) is 38.1 Å². The number of Topliss-reactive ketones (excluding diaryl/α,β-unsaturated/α-hetero) is 1. The van der Waals surface area contributed by atoms with Gasteiger partial charge in [-0.05, 0) is 19.3 Å². The van der Waals surface area contributed by atoms with Crippen LogP contribution in [0.1, 0.15) is 206 Å². The van der Waals surface area contributed by atoms with Crippen molar-refractivity contribution in [2.45, 2.75) is 231 Å². The minimum atomic E-state index is -1.90. The van der Waals surface area contributed by atoms with E-state index in [2.05, 4.69) is 13.8 Å². The molecule has 0 aromatic carbocycles. The lowest BCUT2D eigenvalue weighted by atomic mass is 9.92. The summed E-state index contributed by atoms with van der Waals surface area (Å²) in [6.07, 6.45) is 27.7. The molecule has 0 aromatic heterocycles. The van der Waals surface area contributed by atoms with E-state index in [0.29, 0.717) is 12.8 Å². The summed E-state index contributed by atoms with van der Waals surface area (Å²) < 4.78 is 21.8. The molecule has 290 valence electrons. The number of ether oxygens (including phenoxy) is 4. The molecule has 2 aliphatic heterocycles. The van der Waals surface area contributed by atoms with E-state index in [1.54, 1.807) is 0 Å². The van der Waals surface area contributed by atoms with Crippen LogP contribution in [0.15, 0.2) is 0 Å². The molecule has 1 unspecified atom stereocenters. The smallest absolute Gasteiger partial charge is 0.347 e. The number of rotatable bonds is 32. The third-order valence-corrected chi connectivity index (χ3v) is 10.3. The van der Waals surface area contributed by atoms with Gasteiger partial charge in [0.05, 0.1) is 0 Å². The molecule has 0 aliphatic carbocycles. The van der Waals surface area contributed by atoms with Gasteiger partial charge >= 0.3 is 17.9 Å². The topological polar surface area (TPSA) is 125 Å². The molecular formula is C41H72O9. The Morgan fingerprint density at radius 2 is 1.06 bits per heavy atom. The number of carbonyl (C=O) groups excluding carboxylic acids is 4. The summed E-state index contributed by atoms with van der Waals surface area (Å²) in [7, 11) is 0. The molecule has 0 saturated carbocycles. The van der Waals surface area contributed by atoms with E-state index in [4.69, 9.17) is 18.9 Å². The van der Waals surface area contributed by atoms with Crippen LogP contribution in [-0.4, -0.2) is 59.5 Å². The Bertz CT molecular complexity index is 937. The van der Waals surface area contributed by atoms with Crippen LogP contribution >= 0.6 is 0 Å². The molecule has 2 aliphatic rings. The van der Waals surface area contributed by atoms with Gasteiger partial charge in [-0.15, -0.1) is 0 Å². The van der Waals surface area contributed by atoms with Crippen LogP contribution < -0.4 is 0 Å². The summed E-state index contributed by atoms with van der Waals surface area (Å²) in [6.45, 7) is 4.10. The standard InChI is InChI=1S/C41H72O9/c1-3-5-7-9-11-13-15-17-19-21-23-25-27-29-35(42)47-33-34(38-39(45)41(40(46)49-38)32-31-37(44)50-41)48-36(43)30-28-26-24-22-20-18-16-14-12-10-8-6-4-2/h34,37-38,44H,3-33H2,1-2H3/t34-,37?,38+,41-/m0/s1. The van der Waals surface area contributed by atoms with E-state index in [1.807, 2.05) is 0 Å². The summed E-state index contributed by atoms with van der Waals surface area (Å²) in [5.74, 6) is -2.57. The molecule has 9 nitrogen and oxygen atoms in total. The van der Waals surface area contributed by atoms with E-state index in [1.165, 1.54) is 116 Å². The third-order valence-electron chi connectivity index (χ3n) is 10.3. The van der Waals surface area contributed by atoms with E-state index < -0.39 is 47.8 Å². The molecule has 9 heteroatoms. The fourth-order valence-corrected chi connectivity index (χ4v) is 7.08. The largest absolute Gasteiger partial charge is 0.462 e. The Labute approximate surface area is 303 Å². The molecule has 0 aromatic rings. The first kappa shape index (κ1) is 44.2. The lowest BCUT2D eigenvalue weighted by Gasteiger charge is -2.22. The Hall–Kier alpha value is -2.00. The van der Waals surface area contributed by atoms with Crippen LogP contribution in [0.3, 0.4) is 0 Å². The number of ketones is 1. The normalized spacial score (nSPS) is 20.8. The maximum Gasteiger partial charge on any atom is 0.347 e. The van der Waals surface area contributed by atoms with Gasteiger partial charge in [0.15, 0.2) is 12.4 Å². The minimum absolute atomic E-state index is 0.0131. The monoisotopic (exact) mass is 709 g/mol. The maximum absolute atomic E-state index is 13.3. The van der Waals surface area contributed by atoms with Gasteiger partial charge in [0.2, 0.25) is 17.5 Å². The average Bonchev–Trinajstić information content (AvgIpc) is 3.62. The van der Waals surface area contributed by atoms with Crippen molar-refractivity contribution in [2.75, 3.05) is 6.61 Å². The SMILES string of the molecule is CCCCCCCCCCCCCCCC(=O)OC[C@H](OC(=O)CCCCCCCCCCCCCCC)[C@H]1OC(=O)[C@]2(CCC(O)O2)C1=O. The second-order valence-corrected chi connectivity index (χ2v) is 14.8. The summed E-state index contributed by atoms with van der Waals surface area (Å²) in [4.78, 5) is 51.5. The first-order valence-corrected chi connectivity index (χ1v) is 20.8. The lowest BCUT2D eigenvalue weighted by Crippen LogP contribution is -2.47. The van der Waals surface area contributed by atoms with Crippen LogP contribution in [0.25, 0.3) is 0 Å². The first-order valence-electron chi connectivity index (χ1n) is 20.8. The van der Waals surface area contributed by atoms with Gasteiger partial charge in [-0.25, -0.2) is 4.79 Å². The van der Waals surface area contributed by atoms with Crippen molar-refractivity contribution < 1.29 is 43.2 Å². The molecule has 2 saturated heterocycles. The number of hydrogen-bond donors (Lipinski definition) is 1. The summed E-state index contributed by atoms with van der Waals surface area (Å²) in [6, 6.07) is 0. The molecule has 4 atom stereocenters. The minimum Gasteiger partial charge on any atom is -0.462 e. The maximum atomic E-state index is 13.3. The van der Waals surface area contributed by atoms with Crippen molar-refractivity contribution in [3.63, 3.8) is 0 Å². The quantitative estimate of drug-likeness (QED) is 0.0315. The van der Waals surface area contributed by atoms with Crippen molar-refractivity contribution >= 4 is 23.7 Å². The summed E-state index contributed by atoms with van der Waals surface area (Å²) >= 11 is 0. The molecule has 1 spiro atoms. The fraction of sp³-hybridized carbons (Fsp3) is 0.902. The van der Waals surface area contributed by atoms with Gasteiger partial charge in [0.25, 0.3) is 0 Å². The van der Waals surface area contributed by atoms with Gasteiger partial charge in [0.1, 0.15) is 6.61 Å². The fourth-order valence-electron chi connectivity index (χ4n) is 7.08. The number of aliphatic hydroxyl groups excluding tert-OH is 1. The van der Waals surface area contributed by atoms with Gasteiger partial charge < -0.3 is 24.1 Å². The predicted octanol–water partition coefficient (Wildman–Crippen LogP) is 9.77. The second-order valence-electron chi connectivity index (χ2n) is 14.8. The van der Waals surface area contributed by atoms with E-state index >= 15 is 0 Å². The third kappa shape index (κ3) is 18.0. The van der Waals surface area contributed by atoms with Gasteiger partial charge in [0, 0.05) is 19.3 Å². The summed E-state index contributed by atoms with van der Waals surface area (Å²) in [5, 5.41) is 9.87. The number of hydrogen-bond acceptors (Lipinski definition) is 9. The highest BCUT2D eigenvalue weighted by Crippen LogP contribution is 2.39. The van der Waals surface area contributed by atoms with Crippen LogP contribution in [0.4, 0.5) is 0 Å². The zero-order valence-electron chi connectivity index (χ0n) is 31.9. The Morgan fingerprint density at radius 3 is 1.46 bits per heavy atom. The molecule has 2 fully saturated rings. The molecule has 2 heterocycles. The molecular weight excluding hydrogens is 636 g/mol. The van der Waals surface area contributed by atoms with Crippen molar-refractivity contribution in [3.05, 3.63) is 0 Å². The zero-order chi connectivity index (χ0) is 36.3. The van der Waals surface area contributed by atoms with Crippen molar-refractivity contribution in [2.24, 2.45) is 0 Å². The number of cyclic esters (lactones) is 1.